The van der Waals surface area contributed by atoms with Crippen LogP contribution in [0.4, 0.5) is 13.2 Å². The number of nitrogens with one attached hydrogen (secondary N) is 1. The average molecular weight is 375 g/mol. The second kappa shape index (κ2) is 6.18. The lowest BCUT2D eigenvalue weighted by atomic mass is 10.1. The normalized spacial score (nSPS) is 14.0. The SMILES string of the molecule is N=C1c2cc(Cl)c(Cl)cc2CN1Cc1cccc(OC(F)(F)F)c1. The third kappa shape index (κ3) is 3.60. The molecule has 8 heteroatoms. The van der Waals surface area contributed by atoms with Gasteiger partial charge in [0.05, 0.1) is 10.0 Å². The maximum absolute atomic E-state index is 12.3. The summed E-state index contributed by atoms with van der Waals surface area (Å²) < 4.78 is 40.8. The summed E-state index contributed by atoms with van der Waals surface area (Å²) in [5, 5.41) is 8.99. The molecule has 0 saturated heterocycles. The third-order valence-electron chi connectivity index (χ3n) is 3.58. The molecule has 3 rings (SSSR count). The third-order valence-corrected chi connectivity index (χ3v) is 4.31. The van der Waals surface area contributed by atoms with Gasteiger partial charge in [0.15, 0.2) is 0 Å². The maximum atomic E-state index is 12.3. The standard InChI is InChI=1S/C16H11Cl2F3N2O/c17-13-5-10-8-23(15(22)12(10)6-14(13)18)7-9-2-1-3-11(4-9)24-16(19,20)21/h1-6,22H,7-8H2. The zero-order valence-electron chi connectivity index (χ0n) is 12.1. The van der Waals surface area contributed by atoms with Gasteiger partial charge in [0.1, 0.15) is 11.6 Å². The number of hydrogen-bond acceptors (Lipinski definition) is 2. The molecular formula is C16H11Cl2F3N2O. The van der Waals surface area contributed by atoms with Gasteiger partial charge in [-0.05, 0) is 35.4 Å². The molecule has 0 spiro atoms. The Balaban J connectivity index is 1.78. The minimum absolute atomic E-state index is 0.255. The molecule has 2 aromatic rings. The highest BCUT2D eigenvalue weighted by Crippen LogP contribution is 2.32. The highest BCUT2D eigenvalue weighted by atomic mass is 35.5. The van der Waals surface area contributed by atoms with Gasteiger partial charge in [-0.2, -0.15) is 0 Å². The van der Waals surface area contributed by atoms with Crippen LogP contribution in [0.1, 0.15) is 16.7 Å². The molecule has 0 unspecified atom stereocenters. The molecule has 2 aromatic carbocycles. The molecule has 0 fully saturated rings. The van der Waals surface area contributed by atoms with Gasteiger partial charge in [-0.25, -0.2) is 0 Å². The number of fused-ring (bicyclic) bond motifs is 1. The van der Waals surface area contributed by atoms with Crippen LogP contribution in [0.5, 0.6) is 5.75 Å². The summed E-state index contributed by atoms with van der Waals surface area (Å²) >= 11 is 12.0. The van der Waals surface area contributed by atoms with E-state index in [-0.39, 0.29) is 18.1 Å². The smallest absolute Gasteiger partial charge is 0.406 e. The van der Waals surface area contributed by atoms with E-state index in [4.69, 9.17) is 28.6 Å². The van der Waals surface area contributed by atoms with Crippen LogP contribution in [-0.2, 0) is 13.1 Å². The summed E-state index contributed by atoms with van der Waals surface area (Å²) in [6.45, 7) is 0.715. The molecule has 0 radical (unpaired) electrons. The fraction of sp³-hybridized carbons (Fsp3) is 0.188. The molecule has 0 bridgehead atoms. The van der Waals surface area contributed by atoms with E-state index in [1.165, 1.54) is 18.2 Å². The lowest BCUT2D eigenvalue weighted by Crippen LogP contribution is -2.23. The first-order chi connectivity index (χ1) is 11.2. The highest BCUT2D eigenvalue weighted by molar-refractivity contribution is 6.42. The quantitative estimate of drug-likeness (QED) is 0.797. The van der Waals surface area contributed by atoms with Crippen LogP contribution in [0.3, 0.4) is 0 Å². The molecule has 3 nitrogen and oxygen atoms in total. The molecule has 0 saturated carbocycles. The van der Waals surface area contributed by atoms with E-state index >= 15 is 0 Å². The molecule has 0 aliphatic carbocycles. The summed E-state index contributed by atoms with van der Waals surface area (Å²) in [6, 6.07) is 9.04. The number of rotatable bonds is 3. The van der Waals surface area contributed by atoms with Crippen molar-refractivity contribution in [1.29, 1.82) is 5.41 Å². The van der Waals surface area contributed by atoms with E-state index in [1.807, 2.05) is 0 Å². The number of hydrogen-bond donors (Lipinski definition) is 1. The van der Waals surface area contributed by atoms with Crippen molar-refractivity contribution in [3.8, 4) is 5.75 Å². The van der Waals surface area contributed by atoms with Gasteiger partial charge >= 0.3 is 6.36 Å². The Labute approximate surface area is 146 Å². The second-order valence-electron chi connectivity index (χ2n) is 5.32. The van der Waals surface area contributed by atoms with Crippen molar-refractivity contribution >= 4 is 29.0 Å². The topological polar surface area (TPSA) is 36.3 Å². The van der Waals surface area contributed by atoms with Crippen molar-refractivity contribution in [2.75, 3.05) is 0 Å². The van der Waals surface area contributed by atoms with Crippen molar-refractivity contribution in [2.45, 2.75) is 19.5 Å². The van der Waals surface area contributed by atoms with Crippen LogP contribution in [0.15, 0.2) is 36.4 Å². The molecule has 1 aliphatic heterocycles. The average Bonchev–Trinajstić information content (AvgIpc) is 2.75. The first-order valence-electron chi connectivity index (χ1n) is 6.89. The summed E-state index contributed by atoms with van der Waals surface area (Å²) in [5.41, 5.74) is 2.13. The largest absolute Gasteiger partial charge is 0.573 e. The monoisotopic (exact) mass is 374 g/mol. The predicted molar refractivity (Wildman–Crippen MR) is 85.7 cm³/mol. The van der Waals surface area contributed by atoms with Crippen LogP contribution in [-0.4, -0.2) is 17.1 Å². The number of halogens is 5. The van der Waals surface area contributed by atoms with Gasteiger partial charge in [0.25, 0.3) is 0 Å². The van der Waals surface area contributed by atoms with Crippen molar-refractivity contribution in [3.63, 3.8) is 0 Å². The maximum Gasteiger partial charge on any atom is 0.573 e. The van der Waals surface area contributed by atoms with Gasteiger partial charge < -0.3 is 9.64 Å². The van der Waals surface area contributed by atoms with Gasteiger partial charge in [0.2, 0.25) is 0 Å². The van der Waals surface area contributed by atoms with E-state index < -0.39 is 6.36 Å². The lowest BCUT2D eigenvalue weighted by Gasteiger charge is -2.18. The molecule has 1 aliphatic rings. The Morgan fingerprint density at radius 2 is 1.83 bits per heavy atom. The van der Waals surface area contributed by atoms with Gasteiger partial charge in [-0.1, -0.05) is 35.3 Å². The molecule has 24 heavy (non-hydrogen) atoms. The van der Waals surface area contributed by atoms with Crippen LogP contribution in [0.2, 0.25) is 10.0 Å². The van der Waals surface area contributed by atoms with E-state index in [9.17, 15) is 13.2 Å². The molecule has 1 heterocycles. The van der Waals surface area contributed by atoms with Gasteiger partial charge in [-0.15, -0.1) is 13.2 Å². The highest BCUT2D eigenvalue weighted by Gasteiger charge is 2.31. The summed E-state index contributed by atoms with van der Waals surface area (Å²) in [7, 11) is 0. The number of nitrogens with zero attached hydrogens (tertiary/aromatic N) is 1. The molecular weight excluding hydrogens is 364 g/mol. The molecule has 0 aromatic heterocycles. The van der Waals surface area contributed by atoms with Crippen molar-refractivity contribution in [2.24, 2.45) is 0 Å². The summed E-state index contributed by atoms with van der Waals surface area (Å²) in [5.74, 6) is -0.0277. The summed E-state index contributed by atoms with van der Waals surface area (Å²) in [4.78, 5) is 1.73. The van der Waals surface area contributed by atoms with E-state index in [0.717, 1.165) is 5.56 Å². The zero-order valence-corrected chi connectivity index (χ0v) is 13.6. The van der Waals surface area contributed by atoms with Crippen molar-refractivity contribution < 1.29 is 17.9 Å². The minimum atomic E-state index is -4.73. The van der Waals surface area contributed by atoms with Crippen LogP contribution in [0.25, 0.3) is 0 Å². The lowest BCUT2D eigenvalue weighted by molar-refractivity contribution is -0.274. The molecule has 0 atom stereocenters. The fourth-order valence-corrected chi connectivity index (χ4v) is 2.94. The fourth-order valence-electron chi connectivity index (χ4n) is 2.59. The number of amidine groups is 1. The first kappa shape index (κ1) is 16.9. The Morgan fingerprint density at radius 1 is 1.12 bits per heavy atom. The first-order valence-corrected chi connectivity index (χ1v) is 7.65. The molecule has 0 amide bonds. The predicted octanol–water partition coefficient (Wildman–Crippen LogP) is 5.23. The van der Waals surface area contributed by atoms with Gasteiger partial charge in [0, 0.05) is 18.7 Å². The Kier molecular flexibility index (Phi) is 4.36. The zero-order chi connectivity index (χ0) is 17.5. The van der Waals surface area contributed by atoms with Crippen molar-refractivity contribution in [1.82, 2.24) is 4.90 Å². The number of ether oxygens (including phenoxy) is 1. The van der Waals surface area contributed by atoms with E-state index in [1.54, 1.807) is 23.1 Å². The molecule has 1 N–H and O–H groups in total. The van der Waals surface area contributed by atoms with Crippen LogP contribution < -0.4 is 4.74 Å². The minimum Gasteiger partial charge on any atom is -0.406 e. The van der Waals surface area contributed by atoms with Crippen LogP contribution in [0, 0.1) is 5.41 Å². The number of benzene rings is 2. The Morgan fingerprint density at radius 3 is 2.54 bits per heavy atom. The van der Waals surface area contributed by atoms with Crippen LogP contribution >= 0.6 is 23.2 Å². The Hall–Kier alpha value is -1.92. The van der Waals surface area contributed by atoms with E-state index in [2.05, 4.69) is 4.74 Å². The van der Waals surface area contributed by atoms with Gasteiger partial charge in [-0.3, -0.25) is 5.41 Å². The summed E-state index contributed by atoms with van der Waals surface area (Å²) in [6.07, 6.45) is -4.73. The number of alkyl halides is 3. The molecule has 126 valence electrons. The Bertz CT molecular complexity index is 808. The van der Waals surface area contributed by atoms with E-state index in [0.29, 0.717) is 27.7 Å². The van der Waals surface area contributed by atoms with Crippen molar-refractivity contribution in [3.05, 3.63) is 63.1 Å². The second-order valence-corrected chi connectivity index (χ2v) is 6.14.